The van der Waals surface area contributed by atoms with Crippen LogP contribution < -0.4 is 5.32 Å². The molecule has 1 saturated carbocycles. The number of nitrogens with one attached hydrogen (secondary N) is 1. The number of alkyl halides is 1. The van der Waals surface area contributed by atoms with Gasteiger partial charge in [0.1, 0.15) is 0 Å². The molecule has 1 aromatic rings. The molecule has 0 saturated heterocycles. The van der Waals surface area contributed by atoms with Gasteiger partial charge in [-0.2, -0.15) is 0 Å². The van der Waals surface area contributed by atoms with Gasteiger partial charge in [-0.25, -0.2) is 0 Å². The smallest absolute Gasteiger partial charge is 0.252 e. The highest BCUT2D eigenvalue weighted by Gasteiger charge is 2.29. The number of halogens is 2. The summed E-state index contributed by atoms with van der Waals surface area (Å²) in [4.78, 5) is 16.1. The second-order valence-electron chi connectivity index (χ2n) is 3.96. The number of pyridine rings is 1. The molecule has 1 aliphatic carbocycles. The van der Waals surface area contributed by atoms with Crippen LogP contribution in [0.5, 0.6) is 0 Å². The fourth-order valence-corrected chi connectivity index (χ4v) is 2.51. The van der Waals surface area contributed by atoms with Crippen molar-refractivity contribution in [3.63, 3.8) is 0 Å². The van der Waals surface area contributed by atoms with E-state index in [0.29, 0.717) is 16.9 Å². The number of hydrogen-bond donors (Lipinski definition) is 1. The highest BCUT2D eigenvalue weighted by Crippen LogP contribution is 2.36. The van der Waals surface area contributed by atoms with Crippen molar-refractivity contribution in [2.24, 2.45) is 5.92 Å². The van der Waals surface area contributed by atoms with Gasteiger partial charge in [-0.1, -0.05) is 15.9 Å². The summed E-state index contributed by atoms with van der Waals surface area (Å²) in [5.74, 6) is 0.667. The standard InChI is InChI=1S/C11H12Br2N2O/c12-9-3-8(4-14-5-9)11(16)15-6-10(13)7-1-2-7/h3-5,7,10H,1-2,6H2,(H,15,16). The molecule has 0 aliphatic heterocycles. The van der Waals surface area contributed by atoms with Crippen molar-refractivity contribution >= 4 is 37.8 Å². The first kappa shape index (κ1) is 12.0. The largest absolute Gasteiger partial charge is 0.351 e. The SMILES string of the molecule is O=C(NCC(Br)C1CC1)c1cncc(Br)c1. The van der Waals surface area contributed by atoms with Crippen LogP contribution in [-0.4, -0.2) is 22.3 Å². The summed E-state index contributed by atoms with van der Waals surface area (Å²) in [5, 5.41) is 2.90. The molecule has 1 unspecified atom stereocenters. The van der Waals surface area contributed by atoms with Gasteiger partial charge in [0.2, 0.25) is 0 Å². The number of carbonyl (C=O) groups is 1. The van der Waals surface area contributed by atoms with Gasteiger partial charge in [-0.3, -0.25) is 9.78 Å². The molecule has 0 aromatic carbocycles. The molecule has 3 nitrogen and oxygen atoms in total. The Balaban J connectivity index is 1.87. The number of carbonyl (C=O) groups excluding carboxylic acids is 1. The summed E-state index contributed by atoms with van der Waals surface area (Å²) in [6, 6.07) is 1.77. The molecular weight excluding hydrogens is 336 g/mol. The van der Waals surface area contributed by atoms with Gasteiger partial charge in [0.15, 0.2) is 0 Å². The second kappa shape index (κ2) is 5.27. The van der Waals surface area contributed by atoms with Gasteiger partial charge in [-0.15, -0.1) is 0 Å². The number of aromatic nitrogens is 1. The Bertz CT molecular complexity index is 393. The van der Waals surface area contributed by atoms with E-state index in [4.69, 9.17) is 0 Å². The highest BCUT2D eigenvalue weighted by atomic mass is 79.9. The molecule has 5 heteroatoms. The zero-order valence-electron chi connectivity index (χ0n) is 8.62. The Hall–Kier alpha value is -0.420. The summed E-state index contributed by atoms with van der Waals surface area (Å²) in [5.41, 5.74) is 0.588. The molecular formula is C11H12Br2N2O. The normalized spacial score (nSPS) is 16.9. The van der Waals surface area contributed by atoms with Crippen LogP contribution in [0.2, 0.25) is 0 Å². The molecule has 0 radical (unpaired) electrons. The van der Waals surface area contributed by atoms with Crippen molar-refractivity contribution in [2.45, 2.75) is 17.7 Å². The molecule has 16 heavy (non-hydrogen) atoms. The van der Waals surface area contributed by atoms with Crippen LogP contribution in [0.4, 0.5) is 0 Å². The highest BCUT2D eigenvalue weighted by molar-refractivity contribution is 9.10. The second-order valence-corrected chi connectivity index (χ2v) is 6.05. The first-order valence-electron chi connectivity index (χ1n) is 5.19. The van der Waals surface area contributed by atoms with E-state index in [0.717, 1.165) is 10.4 Å². The average molecular weight is 348 g/mol. The van der Waals surface area contributed by atoms with Gasteiger partial charge in [-0.05, 0) is 40.8 Å². The topological polar surface area (TPSA) is 42.0 Å². The van der Waals surface area contributed by atoms with Crippen LogP contribution in [0.1, 0.15) is 23.2 Å². The van der Waals surface area contributed by atoms with Crippen LogP contribution in [-0.2, 0) is 0 Å². The van der Waals surface area contributed by atoms with E-state index in [1.165, 1.54) is 12.8 Å². The maximum absolute atomic E-state index is 11.8. The van der Waals surface area contributed by atoms with Crippen molar-refractivity contribution in [1.82, 2.24) is 10.3 Å². The molecule has 1 atom stereocenters. The van der Waals surface area contributed by atoms with Gasteiger partial charge in [0.25, 0.3) is 5.91 Å². The Morgan fingerprint density at radius 3 is 2.94 bits per heavy atom. The molecule has 2 rings (SSSR count). The van der Waals surface area contributed by atoms with Crippen molar-refractivity contribution in [3.05, 3.63) is 28.5 Å². The Labute approximate surface area is 111 Å². The number of nitrogens with zero attached hydrogens (tertiary/aromatic N) is 1. The molecule has 1 N–H and O–H groups in total. The lowest BCUT2D eigenvalue weighted by Crippen LogP contribution is -2.30. The zero-order chi connectivity index (χ0) is 11.5. The minimum atomic E-state index is -0.0705. The molecule has 0 bridgehead atoms. The third-order valence-corrected chi connectivity index (χ3v) is 4.06. The van der Waals surface area contributed by atoms with E-state index in [1.807, 2.05) is 0 Å². The van der Waals surface area contributed by atoms with E-state index < -0.39 is 0 Å². The van der Waals surface area contributed by atoms with Gasteiger partial charge < -0.3 is 5.32 Å². The Morgan fingerprint density at radius 1 is 1.56 bits per heavy atom. The molecule has 1 aromatic heterocycles. The predicted octanol–water partition coefficient (Wildman–Crippen LogP) is 2.75. The summed E-state index contributed by atoms with van der Waals surface area (Å²) >= 11 is 6.87. The summed E-state index contributed by atoms with van der Waals surface area (Å²) in [7, 11) is 0. The molecule has 1 amide bonds. The van der Waals surface area contributed by atoms with Gasteiger partial charge >= 0.3 is 0 Å². The molecule has 86 valence electrons. The lowest BCUT2D eigenvalue weighted by atomic mass is 10.2. The summed E-state index contributed by atoms with van der Waals surface area (Å²) < 4.78 is 0.817. The average Bonchev–Trinajstić information content (AvgIpc) is 3.09. The first-order valence-corrected chi connectivity index (χ1v) is 6.90. The predicted molar refractivity (Wildman–Crippen MR) is 69.7 cm³/mol. The van der Waals surface area contributed by atoms with E-state index in [9.17, 15) is 4.79 Å². The first-order chi connectivity index (χ1) is 7.66. The fraction of sp³-hybridized carbons (Fsp3) is 0.455. The van der Waals surface area contributed by atoms with Crippen LogP contribution in [0.25, 0.3) is 0 Å². The van der Waals surface area contributed by atoms with E-state index >= 15 is 0 Å². The maximum Gasteiger partial charge on any atom is 0.252 e. The minimum absolute atomic E-state index is 0.0705. The lowest BCUT2D eigenvalue weighted by Gasteiger charge is -2.09. The Morgan fingerprint density at radius 2 is 2.31 bits per heavy atom. The van der Waals surface area contributed by atoms with E-state index in [2.05, 4.69) is 42.2 Å². The molecule has 0 spiro atoms. The molecule has 1 fully saturated rings. The van der Waals surface area contributed by atoms with Crippen LogP contribution in [0.15, 0.2) is 22.9 Å². The van der Waals surface area contributed by atoms with E-state index in [-0.39, 0.29) is 5.91 Å². The van der Waals surface area contributed by atoms with Gasteiger partial charge in [0, 0.05) is 28.2 Å². The summed E-state index contributed by atoms with van der Waals surface area (Å²) in [6.45, 7) is 0.677. The molecule has 1 heterocycles. The van der Waals surface area contributed by atoms with Crippen LogP contribution in [0, 0.1) is 5.92 Å². The summed E-state index contributed by atoms with van der Waals surface area (Å²) in [6.07, 6.45) is 5.77. The van der Waals surface area contributed by atoms with E-state index in [1.54, 1.807) is 18.5 Å². The van der Waals surface area contributed by atoms with Gasteiger partial charge in [0.05, 0.1) is 5.56 Å². The Kier molecular flexibility index (Phi) is 3.97. The van der Waals surface area contributed by atoms with Crippen molar-refractivity contribution in [3.8, 4) is 0 Å². The van der Waals surface area contributed by atoms with Crippen LogP contribution in [0.3, 0.4) is 0 Å². The third-order valence-electron chi connectivity index (χ3n) is 2.56. The number of hydrogen-bond acceptors (Lipinski definition) is 2. The van der Waals surface area contributed by atoms with Crippen LogP contribution >= 0.6 is 31.9 Å². The zero-order valence-corrected chi connectivity index (χ0v) is 11.8. The number of rotatable bonds is 4. The minimum Gasteiger partial charge on any atom is -0.351 e. The maximum atomic E-state index is 11.8. The third kappa shape index (κ3) is 3.28. The molecule has 1 aliphatic rings. The van der Waals surface area contributed by atoms with Crippen molar-refractivity contribution in [1.29, 1.82) is 0 Å². The van der Waals surface area contributed by atoms with Crippen molar-refractivity contribution < 1.29 is 4.79 Å². The lowest BCUT2D eigenvalue weighted by molar-refractivity contribution is 0.0953. The van der Waals surface area contributed by atoms with Crippen molar-refractivity contribution in [2.75, 3.05) is 6.54 Å². The fourth-order valence-electron chi connectivity index (χ4n) is 1.45. The quantitative estimate of drug-likeness (QED) is 0.851. The number of amides is 1. The monoisotopic (exact) mass is 346 g/mol.